The van der Waals surface area contributed by atoms with E-state index in [9.17, 15) is 9.18 Å². The van der Waals surface area contributed by atoms with Crippen molar-refractivity contribution >= 4 is 12.0 Å². The van der Waals surface area contributed by atoms with Gasteiger partial charge in [-0.25, -0.2) is 4.39 Å². The summed E-state index contributed by atoms with van der Waals surface area (Å²) in [5.41, 5.74) is 0.421. The molecule has 0 aliphatic carbocycles. The number of hydrogen-bond donors (Lipinski definition) is 2. The summed E-state index contributed by atoms with van der Waals surface area (Å²) in [5, 5.41) is 6.09. The first-order chi connectivity index (χ1) is 9.75. The van der Waals surface area contributed by atoms with Crippen molar-refractivity contribution in [2.75, 3.05) is 39.3 Å². The zero-order valence-corrected chi connectivity index (χ0v) is 11.4. The van der Waals surface area contributed by atoms with Gasteiger partial charge in [-0.1, -0.05) is 18.2 Å². The van der Waals surface area contributed by atoms with Gasteiger partial charge in [-0.15, -0.1) is 0 Å². The highest BCUT2D eigenvalue weighted by Gasteiger charge is 2.08. The predicted octanol–water partition coefficient (Wildman–Crippen LogP) is 0.860. The van der Waals surface area contributed by atoms with Gasteiger partial charge in [-0.05, 0) is 12.1 Å². The minimum absolute atomic E-state index is 0.191. The number of benzene rings is 1. The van der Waals surface area contributed by atoms with E-state index in [1.807, 2.05) is 0 Å². The molecule has 0 spiro atoms. The second-order valence-corrected chi connectivity index (χ2v) is 4.74. The van der Waals surface area contributed by atoms with E-state index in [2.05, 4.69) is 15.5 Å². The van der Waals surface area contributed by atoms with Crippen LogP contribution in [-0.2, 0) is 4.79 Å². The Hall–Kier alpha value is -1.72. The topological polar surface area (TPSA) is 44.4 Å². The Morgan fingerprint density at radius 3 is 2.85 bits per heavy atom. The number of rotatable bonds is 5. The van der Waals surface area contributed by atoms with Crippen molar-refractivity contribution < 1.29 is 9.18 Å². The fraction of sp³-hybridized carbons (Fsp3) is 0.400. The lowest BCUT2D eigenvalue weighted by Gasteiger charge is -2.26. The smallest absolute Gasteiger partial charge is 0.244 e. The molecule has 4 nitrogen and oxygen atoms in total. The molecular weight excluding hydrogens is 257 g/mol. The molecule has 5 heteroatoms. The monoisotopic (exact) mass is 277 g/mol. The zero-order valence-electron chi connectivity index (χ0n) is 11.4. The maximum absolute atomic E-state index is 13.3. The van der Waals surface area contributed by atoms with Crippen molar-refractivity contribution in [2.45, 2.75) is 0 Å². The standard InChI is InChI=1S/C15H20FN3O/c16-14-4-2-1-3-13(14)5-6-15(20)18-9-12-19-10-7-17-8-11-19/h1-6,17H,7-12H2,(H,18,20)/b6-5+. The second-order valence-electron chi connectivity index (χ2n) is 4.74. The first-order valence-corrected chi connectivity index (χ1v) is 6.89. The molecule has 0 atom stereocenters. The van der Waals surface area contributed by atoms with E-state index in [1.165, 1.54) is 18.2 Å². The Morgan fingerprint density at radius 1 is 1.35 bits per heavy atom. The van der Waals surface area contributed by atoms with Gasteiger partial charge in [0, 0.05) is 50.9 Å². The summed E-state index contributed by atoms with van der Waals surface area (Å²) in [6, 6.07) is 6.38. The molecule has 1 aliphatic rings. The highest BCUT2D eigenvalue weighted by Crippen LogP contribution is 2.07. The molecule has 1 fully saturated rings. The van der Waals surface area contributed by atoms with E-state index < -0.39 is 0 Å². The van der Waals surface area contributed by atoms with Gasteiger partial charge in [0.2, 0.25) is 5.91 Å². The first-order valence-electron chi connectivity index (χ1n) is 6.89. The predicted molar refractivity (Wildman–Crippen MR) is 77.8 cm³/mol. The Balaban J connectivity index is 1.71. The lowest BCUT2D eigenvalue weighted by atomic mass is 10.2. The minimum Gasteiger partial charge on any atom is -0.351 e. The van der Waals surface area contributed by atoms with E-state index in [4.69, 9.17) is 0 Å². The van der Waals surface area contributed by atoms with Crippen LogP contribution in [0.3, 0.4) is 0 Å². The van der Waals surface area contributed by atoms with Crippen molar-refractivity contribution in [1.82, 2.24) is 15.5 Å². The summed E-state index contributed by atoms with van der Waals surface area (Å²) in [4.78, 5) is 13.9. The van der Waals surface area contributed by atoms with E-state index in [0.29, 0.717) is 12.1 Å². The maximum Gasteiger partial charge on any atom is 0.244 e. The molecule has 1 heterocycles. The third-order valence-corrected chi connectivity index (χ3v) is 3.26. The normalized spacial score (nSPS) is 16.4. The van der Waals surface area contributed by atoms with Crippen LogP contribution in [-0.4, -0.2) is 50.1 Å². The minimum atomic E-state index is -0.322. The van der Waals surface area contributed by atoms with Gasteiger partial charge in [0.1, 0.15) is 5.82 Å². The maximum atomic E-state index is 13.3. The lowest BCUT2D eigenvalue weighted by molar-refractivity contribution is -0.116. The molecular formula is C15H20FN3O. The molecule has 1 saturated heterocycles. The van der Waals surface area contributed by atoms with E-state index in [1.54, 1.807) is 18.2 Å². The average molecular weight is 277 g/mol. The molecule has 2 rings (SSSR count). The van der Waals surface area contributed by atoms with Crippen LogP contribution in [0, 0.1) is 5.82 Å². The third kappa shape index (κ3) is 4.75. The molecule has 20 heavy (non-hydrogen) atoms. The van der Waals surface area contributed by atoms with Gasteiger partial charge < -0.3 is 10.6 Å². The van der Waals surface area contributed by atoms with Gasteiger partial charge in [-0.3, -0.25) is 9.69 Å². The highest BCUT2D eigenvalue weighted by molar-refractivity contribution is 5.91. The van der Waals surface area contributed by atoms with E-state index >= 15 is 0 Å². The van der Waals surface area contributed by atoms with Gasteiger partial charge in [-0.2, -0.15) is 0 Å². The van der Waals surface area contributed by atoms with Crippen molar-refractivity contribution in [2.24, 2.45) is 0 Å². The summed E-state index contributed by atoms with van der Waals surface area (Å²) in [7, 11) is 0. The summed E-state index contributed by atoms with van der Waals surface area (Å²) >= 11 is 0. The Kier molecular flexibility index (Phi) is 5.70. The second kappa shape index (κ2) is 7.77. The SMILES string of the molecule is O=C(/C=C/c1ccccc1F)NCCN1CCNCC1. The number of amides is 1. The number of nitrogens with one attached hydrogen (secondary N) is 2. The van der Waals surface area contributed by atoms with Crippen LogP contribution < -0.4 is 10.6 Å². The van der Waals surface area contributed by atoms with Crippen LogP contribution in [0.25, 0.3) is 6.08 Å². The number of piperazine rings is 1. The average Bonchev–Trinajstić information content (AvgIpc) is 2.47. The van der Waals surface area contributed by atoms with Crippen molar-refractivity contribution in [1.29, 1.82) is 0 Å². The summed E-state index contributed by atoms with van der Waals surface area (Å²) < 4.78 is 13.3. The molecule has 1 aromatic rings. The Bertz CT molecular complexity index is 470. The van der Waals surface area contributed by atoms with Crippen LogP contribution in [0.15, 0.2) is 30.3 Å². The molecule has 108 valence electrons. The largest absolute Gasteiger partial charge is 0.351 e. The number of carbonyl (C=O) groups is 1. The van der Waals surface area contributed by atoms with Crippen molar-refractivity contribution in [3.05, 3.63) is 41.7 Å². The molecule has 0 unspecified atom stereocenters. The lowest BCUT2D eigenvalue weighted by Crippen LogP contribution is -2.46. The van der Waals surface area contributed by atoms with Crippen molar-refractivity contribution in [3.63, 3.8) is 0 Å². The fourth-order valence-electron chi connectivity index (χ4n) is 2.11. The molecule has 0 aromatic heterocycles. The molecule has 0 bridgehead atoms. The highest BCUT2D eigenvalue weighted by atomic mass is 19.1. The van der Waals surface area contributed by atoms with Crippen LogP contribution in [0.1, 0.15) is 5.56 Å². The van der Waals surface area contributed by atoms with Crippen molar-refractivity contribution in [3.8, 4) is 0 Å². The molecule has 1 aliphatic heterocycles. The van der Waals surface area contributed by atoms with Gasteiger partial charge in [0.25, 0.3) is 0 Å². The number of nitrogens with zero attached hydrogens (tertiary/aromatic N) is 1. The molecule has 0 radical (unpaired) electrons. The Labute approximate surface area is 118 Å². The zero-order chi connectivity index (χ0) is 14.2. The van der Waals surface area contributed by atoms with E-state index in [-0.39, 0.29) is 11.7 Å². The van der Waals surface area contributed by atoms with Crippen LogP contribution in [0.5, 0.6) is 0 Å². The van der Waals surface area contributed by atoms with Gasteiger partial charge >= 0.3 is 0 Å². The fourth-order valence-corrected chi connectivity index (χ4v) is 2.11. The third-order valence-electron chi connectivity index (χ3n) is 3.26. The molecule has 1 amide bonds. The molecule has 0 saturated carbocycles. The summed E-state index contributed by atoms with van der Waals surface area (Å²) in [5.74, 6) is -0.513. The quantitative estimate of drug-likeness (QED) is 0.785. The number of hydrogen-bond acceptors (Lipinski definition) is 3. The first kappa shape index (κ1) is 14.7. The number of halogens is 1. The number of carbonyl (C=O) groups excluding carboxylic acids is 1. The van der Waals surface area contributed by atoms with Crippen LogP contribution in [0.4, 0.5) is 4.39 Å². The van der Waals surface area contributed by atoms with Crippen LogP contribution in [0.2, 0.25) is 0 Å². The van der Waals surface area contributed by atoms with Gasteiger partial charge in [0.15, 0.2) is 0 Å². The van der Waals surface area contributed by atoms with Crippen LogP contribution >= 0.6 is 0 Å². The summed E-state index contributed by atoms with van der Waals surface area (Å²) in [6.45, 7) is 5.49. The Morgan fingerprint density at radius 2 is 2.10 bits per heavy atom. The van der Waals surface area contributed by atoms with E-state index in [0.717, 1.165) is 32.7 Å². The molecule has 2 N–H and O–H groups in total. The molecule has 1 aromatic carbocycles. The van der Waals surface area contributed by atoms with Gasteiger partial charge in [0.05, 0.1) is 0 Å². The summed E-state index contributed by atoms with van der Waals surface area (Å²) in [6.07, 6.45) is 2.87.